The summed E-state index contributed by atoms with van der Waals surface area (Å²) in [5.74, 6) is 0.769. The predicted molar refractivity (Wildman–Crippen MR) is 125 cm³/mol. The largest absolute Gasteiger partial charge is 0.368 e. The van der Waals surface area contributed by atoms with Crippen LogP contribution in [0.3, 0.4) is 0 Å². The van der Waals surface area contributed by atoms with Crippen LogP contribution in [0.15, 0.2) is 54.6 Å². The molecule has 2 unspecified atom stereocenters. The summed E-state index contributed by atoms with van der Waals surface area (Å²) < 4.78 is 0. The lowest BCUT2D eigenvalue weighted by Crippen LogP contribution is -2.49. The minimum absolute atomic E-state index is 0.0239. The average Bonchev–Trinajstić information content (AvgIpc) is 3.55. The van der Waals surface area contributed by atoms with Crippen molar-refractivity contribution in [3.8, 4) is 0 Å². The first-order chi connectivity index (χ1) is 14.8. The quantitative estimate of drug-likeness (QED) is 0.776. The van der Waals surface area contributed by atoms with Gasteiger partial charge in [-0.3, -0.25) is 9.59 Å². The van der Waals surface area contributed by atoms with Gasteiger partial charge in [0.25, 0.3) is 0 Å². The van der Waals surface area contributed by atoms with Gasteiger partial charge < -0.3 is 15.1 Å². The molecule has 164 valence electrons. The number of hydrogen-bond acceptors (Lipinski definition) is 3. The maximum atomic E-state index is 12.6. The van der Waals surface area contributed by atoms with Gasteiger partial charge in [0.1, 0.15) is 0 Å². The van der Waals surface area contributed by atoms with Crippen molar-refractivity contribution >= 4 is 23.2 Å². The molecule has 0 spiro atoms. The summed E-state index contributed by atoms with van der Waals surface area (Å²) in [6, 6.07) is 18.3. The molecule has 0 radical (unpaired) electrons. The molecule has 0 bridgehead atoms. The summed E-state index contributed by atoms with van der Waals surface area (Å²) in [5, 5.41) is 3.07. The van der Waals surface area contributed by atoms with Crippen LogP contribution < -0.4 is 10.2 Å². The van der Waals surface area contributed by atoms with Crippen molar-refractivity contribution in [2.24, 2.45) is 11.3 Å². The van der Waals surface area contributed by atoms with Gasteiger partial charge in [-0.05, 0) is 47.6 Å². The number of nitrogens with one attached hydrogen (secondary N) is 1. The maximum absolute atomic E-state index is 12.6. The molecule has 1 N–H and O–H groups in total. The van der Waals surface area contributed by atoms with E-state index in [2.05, 4.69) is 55.3 Å². The highest BCUT2D eigenvalue weighted by Crippen LogP contribution is 2.47. The Morgan fingerprint density at radius 2 is 1.58 bits per heavy atom. The molecule has 2 atom stereocenters. The fourth-order valence-electron chi connectivity index (χ4n) is 4.32. The molecule has 1 aliphatic carbocycles. The fourth-order valence-corrected chi connectivity index (χ4v) is 4.32. The number of carbonyl (C=O) groups excluding carboxylic acids is 2. The van der Waals surface area contributed by atoms with Crippen molar-refractivity contribution in [2.75, 3.05) is 36.4 Å². The van der Waals surface area contributed by atoms with Crippen molar-refractivity contribution in [3.63, 3.8) is 0 Å². The van der Waals surface area contributed by atoms with E-state index in [1.54, 1.807) is 0 Å². The topological polar surface area (TPSA) is 52.7 Å². The summed E-state index contributed by atoms with van der Waals surface area (Å²) in [6.45, 7) is 9.50. The zero-order chi connectivity index (χ0) is 22.0. The van der Waals surface area contributed by atoms with E-state index in [0.29, 0.717) is 12.3 Å². The number of benzene rings is 2. The van der Waals surface area contributed by atoms with Gasteiger partial charge in [0.05, 0.1) is 0 Å². The number of anilines is 2. The van der Waals surface area contributed by atoms with Crippen molar-refractivity contribution in [1.29, 1.82) is 0 Å². The molecule has 1 heterocycles. The number of nitrogens with zero attached hydrogens (tertiary/aromatic N) is 2. The lowest BCUT2D eigenvalue weighted by Gasteiger charge is -2.37. The fraction of sp³-hybridized carbons (Fsp3) is 0.462. The Bertz CT molecular complexity index is 910. The van der Waals surface area contributed by atoms with E-state index in [1.807, 2.05) is 35.2 Å². The van der Waals surface area contributed by atoms with Crippen molar-refractivity contribution in [3.05, 3.63) is 60.2 Å². The molecule has 2 amide bonds. The summed E-state index contributed by atoms with van der Waals surface area (Å²) in [7, 11) is 0. The molecule has 5 nitrogen and oxygen atoms in total. The molecule has 1 saturated carbocycles. The normalized spacial score (nSPS) is 21.0. The summed E-state index contributed by atoms with van der Waals surface area (Å²) in [5.41, 5.74) is 3.25. The molecular weight excluding hydrogens is 386 g/mol. The first-order valence-corrected chi connectivity index (χ1v) is 11.3. The summed E-state index contributed by atoms with van der Waals surface area (Å²) >= 11 is 0. The minimum atomic E-state index is 0.0239. The molecule has 1 saturated heterocycles. The van der Waals surface area contributed by atoms with Crippen LogP contribution >= 0.6 is 0 Å². The number of hydrogen-bond donors (Lipinski definition) is 1. The second-order valence-corrected chi connectivity index (χ2v) is 10.0. The third-order valence-electron chi connectivity index (χ3n) is 6.17. The zero-order valence-corrected chi connectivity index (χ0v) is 18.8. The van der Waals surface area contributed by atoms with E-state index in [0.717, 1.165) is 44.0 Å². The number of carbonyl (C=O) groups is 2. The first-order valence-electron chi connectivity index (χ1n) is 11.3. The number of piperazine rings is 1. The molecule has 4 rings (SSSR count). The molecule has 5 heteroatoms. The van der Waals surface area contributed by atoms with Gasteiger partial charge in [0.2, 0.25) is 11.8 Å². The van der Waals surface area contributed by atoms with E-state index in [9.17, 15) is 9.59 Å². The Hall–Kier alpha value is -2.82. The standard InChI is InChI=1S/C26H33N3O2/c1-26(2,3)18-24(30)29-15-13-28(14-16-29)21-11-9-20(10-12-21)27-25(31)23-17-22(23)19-7-5-4-6-8-19/h4-12,22-23H,13-18H2,1-3H3,(H,27,31). The summed E-state index contributed by atoms with van der Waals surface area (Å²) in [4.78, 5) is 29.3. The maximum Gasteiger partial charge on any atom is 0.228 e. The van der Waals surface area contributed by atoms with Crippen molar-refractivity contribution in [2.45, 2.75) is 39.5 Å². The Kier molecular flexibility index (Phi) is 6.03. The van der Waals surface area contributed by atoms with Crippen LogP contribution in [0.1, 0.15) is 45.1 Å². The highest BCUT2D eigenvalue weighted by molar-refractivity contribution is 5.95. The Morgan fingerprint density at radius 1 is 0.935 bits per heavy atom. The SMILES string of the molecule is CC(C)(C)CC(=O)N1CCN(c2ccc(NC(=O)C3CC3c3ccccc3)cc2)CC1. The Balaban J connectivity index is 1.26. The van der Waals surface area contributed by atoms with Crippen LogP contribution in [0, 0.1) is 11.3 Å². The van der Waals surface area contributed by atoms with E-state index < -0.39 is 0 Å². The molecule has 0 aromatic heterocycles. The van der Waals surface area contributed by atoms with Gasteiger partial charge in [0, 0.05) is 49.9 Å². The van der Waals surface area contributed by atoms with Crippen LogP contribution in [0.2, 0.25) is 0 Å². The van der Waals surface area contributed by atoms with Crippen LogP contribution in [0.25, 0.3) is 0 Å². The molecule has 2 fully saturated rings. The van der Waals surface area contributed by atoms with Crippen molar-refractivity contribution < 1.29 is 9.59 Å². The monoisotopic (exact) mass is 419 g/mol. The van der Waals surface area contributed by atoms with Gasteiger partial charge in [-0.15, -0.1) is 0 Å². The lowest BCUT2D eigenvalue weighted by atomic mass is 9.91. The highest BCUT2D eigenvalue weighted by Gasteiger charge is 2.43. The zero-order valence-electron chi connectivity index (χ0n) is 18.8. The van der Waals surface area contributed by atoms with E-state index >= 15 is 0 Å². The molecule has 2 aliphatic rings. The molecule has 2 aromatic rings. The van der Waals surface area contributed by atoms with Gasteiger partial charge >= 0.3 is 0 Å². The Morgan fingerprint density at radius 3 is 2.19 bits per heavy atom. The van der Waals surface area contributed by atoms with Gasteiger partial charge in [-0.2, -0.15) is 0 Å². The number of amides is 2. The number of rotatable bonds is 5. The Labute approximate surface area is 185 Å². The summed E-state index contributed by atoms with van der Waals surface area (Å²) in [6.07, 6.45) is 1.51. The van der Waals surface area contributed by atoms with Gasteiger partial charge in [0.15, 0.2) is 0 Å². The van der Waals surface area contributed by atoms with Crippen LogP contribution in [0.4, 0.5) is 11.4 Å². The second-order valence-electron chi connectivity index (χ2n) is 10.0. The third-order valence-corrected chi connectivity index (χ3v) is 6.17. The van der Waals surface area contributed by atoms with Crippen LogP contribution in [-0.2, 0) is 9.59 Å². The highest BCUT2D eigenvalue weighted by atomic mass is 16.2. The molecule has 1 aliphatic heterocycles. The molecule has 2 aromatic carbocycles. The van der Waals surface area contributed by atoms with Crippen molar-refractivity contribution in [1.82, 2.24) is 4.90 Å². The van der Waals surface area contributed by atoms with E-state index in [-0.39, 0.29) is 23.1 Å². The first kappa shape index (κ1) is 21.4. The third kappa shape index (κ3) is 5.46. The average molecular weight is 420 g/mol. The molecule has 31 heavy (non-hydrogen) atoms. The molecular formula is C26H33N3O2. The van der Waals surface area contributed by atoms with E-state index in [1.165, 1.54) is 5.56 Å². The van der Waals surface area contributed by atoms with Crippen LogP contribution in [-0.4, -0.2) is 42.9 Å². The van der Waals surface area contributed by atoms with E-state index in [4.69, 9.17) is 0 Å². The van der Waals surface area contributed by atoms with Gasteiger partial charge in [-0.25, -0.2) is 0 Å². The second kappa shape index (κ2) is 8.74. The lowest BCUT2D eigenvalue weighted by molar-refractivity contribution is -0.133. The minimum Gasteiger partial charge on any atom is -0.368 e. The smallest absolute Gasteiger partial charge is 0.228 e. The predicted octanol–water partition coefficient (Wildman–Crippen LogP) is 4.51. The van der Waals surface area contributed by atoms with Gasteiger partial charge in [-0.1, -0.05) is 51.1 Å². The van der Waals surface area contributed by atoms with Crippen LogP contribution in [0.5, 0.6) is 0 Å².